The summed E-state index contributed by atoms with van der Waals surface area (Å²) in [6.07, 6.45) is 1.65. The van der Waals surface area contributed by atoms with E-state index in [9.17, 15) is 9.18 Å². The van der Waals surface area contributed by atoms with Gasteiger partial charge in [0.05, 0.1) is 5.56 Å². The lowest BCUT2D eigenvalue weighted by Crippen LogP contribution is -2.34. The Morgan fingerprint density at radius 1 is 1.44 bits per heavy atom. The Kier molecular flexibility index (Phi) is 3.03. The van der Waals surface area contributed by atoms with Crippen LogP contribution in [0.3, 0.4) is 0 Å². The van der Waals surface area contributed by atoms with Crippen LogP contribution >= 0.6 is 0 Å². The van der Waals surface area contributed by atoms with Gasteiger partial charge in [-0.1, -0.05) is 0 Å². The average molecular weight is 224 g/mol. The first kappa shape index (κ1) is 10.9. The first-order valence-electron chi connectivity index (χ1n) is 5.25. The molecule has 0 saturated carbocycles. The molecule has 1 fully saturated rings. The maximum absolute atomic E-state index is 12.9. The van der Waals surface area contributed by atoms with Crippen molar-refractivity contribution in [2.45, 2.75) is 19.0 Å². The van der Waals surface area contributed by atoms with Gasteiger partial charge in [-0.25, -0.2) is 14.2 Å². The summed E-state index contributed by atoms with van der Waals surface area (Å²) in [5.74, 6) is -0.265. The summed E-state index contributed by atoms with van der Waals surface area (Å²) in [5.41, 5.74) is 0.170. The van der Waals surface area contributed by atoms with E-state index in [1.807, 2.05) is 4.90 Å². The molecule has 1 saturated heterocycles. The van der Waals surface area contributed by atoms with Gasteiger partial charge in [-0.2, -0.15) is 0 Å². The molecule has 0 aliphatic carbocycles. The summed E-state index contributed by atoms with van der Waals surface area (Å²) in [4.78, 5) is 16.7. The number of piperidine rings is 1. The fraction of sp³-hybridized carbons (Fsp3) is 0.455. The quantitative estimate of drug-likeness (QED) is 0.831. The van der Waals surface area contributed by atoms with Crippen LogP contribution in [0.25, 0.3) is 0 Å². The predicted octanol–water partition coefficient (Wildman–Crippen LogP) is 1.72. The number of anilines is 1. The smallest absolute Gasteiger partial charge is 0.337 e. The Morgan fingerprint density at radius 3 is 2.62 bits per heavy atom. The van der Waals surface area contributed by atoms with Crippen molar-refractivity contribution in [2.75, 3.05) is 18.0 Å². The van der Waals surface area contributed by atoms with E-state index in [-0.39, 0.29) is 5.56 Å². The highest BCUT2D eigenvalue weighted by Gasteiger charge is 2.19. The van der Waals surface area contributed by atoms with Crippen molar-refractivity contribution in [3.63, 3.8) is 0 Å². The summed E-state index contributed by atoms with van der Waals surface area (Å²) in [6, 6.07) is 3.19. The second-order valence-corrected chi connectivity index (χ2v) is 3.87. The van der Waals surface area contributed by atoms with Crippen molar-refractivity contribution < 1.29 is 14.3 Å². The molecule has 1 aliphatic heterocycles. The molecular weight excluding hydrogens is 211 g/mol. The van der Waals surface area contributed by atoms with E-state index in [1.165, 1.54) is 12.3 Å². The van der Waals surface area contributed by atoms with E-state index < -0.39 is 12.1 Å². The van der Waals surface area contributed by atoms with Crippen molar-refractivity contribution in [3.8, 4) is 0 Å². The molecule has 2 heterocycles. The zero-order chi connectivity index (χ0) is 11.5. The van der Waals surface area contributed by atoms with Crippen LogP contribution in [-0.4, -0.2) is 35.3 Å². The van der Waals surface area contributed by atoms with E-state index in [0.717, 1.165) is 5.82 Å². The molecule has 1 aromatic heterocycles. The summed E-state index contributed by atoms with van der Waals surface area (Å²) in [5, 5.41) is 8.72. The molecule has 1 N–H and O–H groups in total. The third kappa shape index (κ3) is 2.29. The number of pyridine rings is 1. The van der Waals surface area contributed by atoms with Crippen LogP contribution in [-0.2, 0) is 0 Å². The van der Waals surface area contributed by atoms with E-state index in [4.69, 9.17) is 5.11 Å². The zero-order valence-electron chi connectivity index (χ0n) is 8.77. The van der Waals surface area contributed by atoms with E-state index in [0.29, 0.717) is 25.9 Å². The Balaban J connectivity index is 2.07. The van der Waals surface area contributed by atoms with Gasteiger partial charge in [-0.15, -0.1) is 0 Å². The molecule has 4 nitrogen and oxygen atoms in total. The lowest BCUT2D eigenvalue weighted by molar-refractivity contribution is 0.0696. The topological polar surface area (TPSA) is 53.4 Å². The third-order valence-corrected chi connectivity index (χ3v) is 2.74. The molecular formula is C11H13FN2O2. The molecule has 0 amide bonds. The number of aromatic nitrogens is 1. The Morgan fingerprint density at radius 2 is 2.12 bits per heavy atom. The number of nitrogens with zero attached hydrogens (tertiary/aromatic N) is 2. The Hall–Kier alpha value is -1.65. The summed E-state index contributed by atoms with van der Waals surface area (Å²) < 4.78 is 12.9. The highest BCUT2D eigenvalue weighted by Crippen LogP contribution is 2.19. The Labute approximate surface area is 92.7 Å². The molecule has 0 atom stereocenters. The largest absolute Gasteiger partial charge is 0.478 e. The second kappa shape index (κ2) is 4.47. The molecule has 0 radical (unpaired) electrons. The van der Waals surface area contributed by atoms with Crippen molar-refractivity contribution in [1.29, 1.82) is 0 Å². The van der Waals surface area contributed by atoms with Crippen LogP contribution in [0.15, 0.2) is 18.3 Å². The number of halogens is 1. The number of carboxylic acids is 1. The van der Waals surface area contributed by atoms with Crippen molar-refractivity contribution in [3.05, 3.63) is 23.9 Å². The van der Waals surface area contributed by atoms with Gasteiger partial charge in [0.25, 0.3) is 0 Å². The number of hydrogen-bond donors (Lipinski definition) is 1. The average Bonchev–Trinajstić information content (AvgIpc) is 2.30. The summed E-state index contributed by atoms with van der Waals surface area (Å²) in [7, 11) is 0. The molecule has 2 rings (SSSR count). The maximum Gasteiger partial charge on any atom is 0.337 e. The first-order valence-corrected chi connectivity index (χ1v) is 5.25. The molecule has 1 aliphatic rings. The van der Waals surface area contributed by atoms with Crippen LogP contribution in [0.1, 0.15) is 23.2 Å². The lowest BCUT2D eigenvalue weighted by atomic mass is 10.1. The van der Waals surface area contributed by atoms with Gasteiger partial charge in [-0.3, -0.25) is 0 Å². The van der Waals surface area contributed by atoms with Gasteiger partial charge in [0.1, 0.15) is 12.0 Å². The van der Waals surface area contributed by atoms with Crippen LogP contribution in [0.2, 0.25) is 0 Å². The predicted molar refractivity (Wildman–Crippen MR) is 57.5 cm³/mol. The zero-order valence-corrected chi connectivity index (χ0v) is 8.77. The molecule has 5 heteroatoms. The van der Waals surface area contributed by atoms with Crippen molar-refractivity contribution in [1.82, 2.24) is 4.98 Å². The second-order valence-electron chi connectivity index (χ2n) is 3.87. The normalized spacial score (nSPS) is 17.4. The van der Waals surface area contributed by atoms with E-state index in [2.05, 4.69) is 4.98 Å². The highest BCUT2D eigenvalue weighted by molar-refractivity contribution is 5.87. The highest BCUT2D eigenvalue weighted by atomic mass is 19.1. The van der Waals surface area contributed by atoms with Crippen molar-refractivity contribution in [2.24, 2.45) is 0 Å². The van der Waals surface area contributed by atoms with Gasteiger partial charge in [-0.05, 0) is 25.0 Å². The summed E-state index contributed by atoms with van der Waals surface area (Å²) in [6.45, 7) is 1.28. The standard InChI is InChI=1S/C11H13FN2O2/c12-9-3-5-14(6-4-9)10-2-1-8(7-13-10)11(15)16/h1-2,7,9H,3-6H2,(H,15,16). The fourth-order valence-electron chi connectivity index (χ4n) is 1.78. The van der Waals surface area contributed by atoms with Crippen LogP contribution in [0.5, 0.6) is 0 Å². The molecule has 1 aromatic rings. The van der Waals surface area contributed by atoms with Gasteiger partial charge < -0.3 is 10.0 Å². The summed E-state index contributed by atoms with van der Waals surface area (Å²) >= 11 is 0. The molecule has 0 spiro atoms. The lowest BCUT2D eigenvalue weighted by Gasteiger charge is -2.29. The number of hydrogen-bond acceptors (Lipinski definition) is 3. The number of carboxylic acid groups (broad SMARTS) is 1. The molecule has 0 bridgehead atoms. The van der Waals surface area contributed by atoms with Gasteiger partial charge >= 0.3 is 5.97 Å². The fourth-order valence-corrected chi connectivity index (χ4v) is 1.78. The molecule has 16 heavy (non-hydrogen) atoms. The molecule has 86 valence electrons. The number of aromatic carboxylic acids is 1. The van der Waals surface area contributed by atoms with Gasteiger partial charge in [0.2, 0.25) is 0 Å². The van der Waals surface area contributed by atoms with E-state index >= 15 is 0 Å². The maximum atomic E-state index is 12.9. The Bertz CT molecular complexity index is 372. The third-order valence-electron chi connectivity index (χ3n) is 2.74. The van der Waals surface area contributed by atoms with Crippen molar-refractivity contribution >= 4 is 11.8 Å². The first-order chi connectivity index (χ1) is 7.66. The minimum Gasteiger partial charge on any atom is -0.478 e. The minimum absolute atomic E-state index is 0.170. The molecule has 0 aromatic carbocycles. The number of alkyl halides is 1. The number of carbonyl (C=O) groups is 1. The van der Waals surface area contributed by atoms with Crippen LogP contribution in [0, 0.1) is 0 Å². The molecule has 0 unspecified atom stereocenters. The van der Waals surface area contributed by atoms with Gasteiger partial charge in [0, 0.05) is 19.3 Å². The van der Waals surface area contributed by atoms with Gasteiger partial charge in [0.15, 0.2) is 0 Å². The van der Waals surface area contributed by atoms with Crippen LogP contribution in [0.4, 0.5) is 10.2 Å². The number of rotatable bonds is 2. The van der Waals surface area contributed by atoms with Crippen LogP contribution < -0.4 is 4.90 Å². The minimum atomic E-state index is -0.985. The monoisotopic (exact) mass is 224 g/mol. The van der Waals surface area contributed by atoms with E-state index in [1.54, 1.807) is 6.07 Å². The SMILES string of the molecule is O=C(O)c1ccc(N2CCC(F)CC2)nc1.